The lowest BCUT2D eigenvalue weighted by molar-refractivity contribution is -0.152. The molecule has 0 aromatic carbocycles. The van der Waals surface area contributed by atoms with Crippen LogP contribution in [0.15, 0.2) is 23.6 Å². The summed E-state index contributed by atoms with van der Waals surface area (Å²) in [6.07, 6.45) is 5.64. The molecule has 1 fully saturated rings. The van der Waals surface area contributed by atoms with Gasteiger partial charge in [-0.15, -0.1) is 11.3 Å². The van der Waals surface area contributed by atoms with Crippen molar-refractivity contribution in [3.63, 3.8) is 0 Å². The van der Waals surface area contributed by atoms with E-state index in [-0.39, 0.29) is 5.78 Å². The van der Waals surface area contributed by atoms with Crippen molar-refractivity contribution in [3.8, 4) is 0 Å². The summed E-state index contributed by atoms with van der Waals surface area (Å²) in [5.41, 5.74) is 0. The molecule has 0 aliphatic heterocycles. The van der Waals surface area contributed by atoms with Gasteiger partial charge in [-0.25, -0.2) is 4.79 Å². The minimum Gasteiger partial charge on any atom is -0.451 e. The van der Waals surface area contributed by atoms with Crippen LogP contribution < -0.4 is 0 Å². The second-order valence-corrected chi connectivity index (χ2v) is 4.97. The highest BCUT2D eigenvalue weighted by Crippen LogP contribution is 2.18. The van der Waals surface area contributed by atoms with Crippen LogP contribution in [0.2, 0.25) is 0 Å². The number of thiophene rings is 1. The average Bonchev–Trinajstić information content (AvgIpc) is 2.82. The molecule has 0 spiro atoms. The van der Waals surface area contributed by atoms with E-state index in [9.17, 15) is 9.59 Å². The van der Waals surface area contributed by atoms with Crippen molar-refractivity contribution in [2.75, 3.05) is 0 Å². The highest BCUT2D eigenvalue weighted by molar-refractivity contribution is 7.10. The first-order valence-electron chi connectivity index (χ1n) is 5.70. The number of ether oxygens (including phenoxy) is 1. The van der Waals surface area contributed by atoms with E-state index in [4.69, 9.17) is 4.74 Å². The number of ketones is 1. The highest BCUT2D eigenvalue weighted by Gasteiger charge is 2.24. The third-order valence-corrected chi connectivity index (χ3v) is 3.52. The third-order valence-electron chi connectivity index (χ3n) is 2.68. The summed E-state index contributed by atoms with van der Waals surface area (Å²) in [7, 11) is 0. The van der Waals surface area contributed by atoms with Gasteiger partial charge in [-0.2, -0.15) is 0 Å². The van der Waals surface area contributed by atoms with Gasteiger partial charge >= 0.3 is 5.97 Å². The van der Waals surface area contributed by atoms with E-state index in [2.05, 4.69) is 0 Å². The molecule has 0 saturated heterocycles. The average molecular weight is 250 g/mol. The molecule has 0 unspecified atom stereocenters. The maximum absolute atomic E-state index is 11.5. The molecule has 1 heterocycles. The standard InChI is InChI=1S/C13H14O3S/c14-11-5-1-2-6-12(11)16-13(15)8-7-10-4-3-9-17-10/h3-4,7-9,12H,1-2,5-6H2/b8-7+/t12-/m0/s1. The number of hydrogen-bond acceptors (Lipinski definition) is 4. The van der Waals surface area contributed by atoms with Crippen LogP contribution in [0.1, 0.15) is 30.6 Å². The molecule has 2 rings (SSSR count). The molecule has 3 nitrogen and oxygen atoms in total. The minimum absolute atomic E-state index is 0.0501. The van der Waals surface area contributed by atoms with Gasteiger partial charge in [-0.05, 0) is 36.8 Å². The Bertz CT molecular complexity index is 420. The van der Waals surface area contributed by atoms with Crippen LogP contribution in [0.3, 0.4) is 0 Å². The van der Waals surface area contributed by atoms with Gasteiger partial charge in [0.2, 0.25) is 0 Å². The van der Waals surface area contributed by atoms with Gasteiger partial charge in [0.15, 0.2) is 11.9 Å². The fourth-order valence-corrected chi connectivity index (χ4v) is 2.41. The Morgan fingerprint density at radius 2 is 2.35 bits per heavy atom. The molecule has 1 aromatic heterocycles. The quantitative estimate of drug-likeness (QED) is 0.612. The molecule has 1 atom stereocenters. The van der Waals surface area contributed by atoms with Gasteiger partial charge < -0.3 is 4.74 Å². The smallest absolute Gasteiger partial charge is 0.331 e. The maximum Gasteiger partial charge on any atom is 0.331 e. The molecule has 1 saturated carbocycles. The Morgan fingerprint density at radius 3 is 3.06 bits per heavy atom. The van der Waals surface area contributed by atoms with Crippen molar-refractivity contribution in [1.82, 2.24) is 0 Å². The largest absolute Gasteiger partial charge is 0.451 e. The van der Waals surface area contributed by atoms with E-state index in [0.717, 1.165) is 17.7 Å². The van der Waals surface area contributed by atoms with Crippen molar-refractivity contribution in [3.05, 3.63) is 28.5 Å². The lowest BCUT2D eigenvalue weighted by Crippen LogP contribution is -2.29. The van der Waals surface area contributed by atoms with Crippen molar-refractivity contribution >= 4 is 29.2 Å². The first-order chi connectivity index (χ1) is 8.25. The number of carbonyl (C=O) groups excluding carboxylic acids is 2. The van der Waals surface area contributed by atoms with Crippen molar-refractivity contribution in [1.29, 1.82) is 0 Å². The fraction of sp³-hybridized carbons (Fsp3) is 0.385. The Kier molecular flexibility index (Phi) is 4.09. The zero-order valence-electron chi connectivity index (χ0n) is 9.43. The van der Waals surface area contributed by atoms with E-state index < -0.39 is 12.1 Å². The van der Waals surface area contributed by atoms with Crippen LogP contribution in [0.5, 0.6) is 0 Å². The highest BCUT2D eigenvalue weighted by atomic mass is 32.1. The Hall–Kier alpha value is -1.42. The number of esters is 1. The number of carbonyl (C=O) groups is 2. The molecule has 0 N–H and O–H groups in total. The van der Waals surface area contributed by atoms with Gasteiger partial charge in [0.05, 0.1) is 0 Å². The zero-order valence-corrected chi connectivity index (χ0v) is 10.2. The summed E-state index contributed by atoms with van der Waals surface area (Å²) >= 11 is 1.55. The monoisotopic (exact) mass is 250 g/mol. The van der Waals surface area contributed by atoms with Crippen LogP contribution in [0, 0.1) is 0 Å². The molecule has 90 valence electrons. The molecular formula is C13H14O3S. The van der Waals surface area contributed by atoms with E-state index in [1.54, 1.807) is 17.4 Å². The zero-order chi connectivity index (χ0) is 12.1. The summed E-state index contributed by atoms with van der Waals surface area (Å²) < 4.78 is 5.13. The second kappa shape index (κ2) is 5.77. The molecule has 0 bridgehead atoms. The lowest BCUT2D eigenvalue weighted by Gasteiger charge is -2.19. The summed E-state index contributed by atoms with van der Waals surface area (Å²) in [4.78, 5) is 24.0. The van der Waals surface area contributed by atoms with Crippen LogP contribution in [-0.2, 0) is 14.3 Å². The SMILES string of the molecule is O=C(/C=C/c1cccs1)O[C@H]1CCCCC1=O. The number of rotatable bonds is 3. The van der Waals surface area contributed by atoms with Crippen LogP contribution in [0.25, 0.3) is 6.08 Å². The molecule has 0 radical (unpaired) electrons. The molecule has 0 amide bonds. The Morgan fingerprint density at radius 1 is 1.47 bits per heavy atom. The molecular weight excluding hydrogens is 236 g/mol. The van der Waals surface area contributed by atoms with Crippen LogP contribution in [-0.4, -0.2) is 17.9 Å². The van der Waals surface area contributed by atoms with Crippen molar-refractivity contribution < 1.29 is 14.3 Å². The predicted octanol–water partition coefficient (Wildman–Crippen LogP) is 2.82. The van der Waals surface area contributed by atoms with Gasteiger partial charge in [0.25, 0.3) is 0 Å². The summed E-state index contributed by atoms with van der Waals surface area (Å²) in [6, 6.07) is 3.83. The van der Waals surface area contributed by atoms with Gasteiger partial charge in [-0.1, -0.05) is 6.07 Å². The van der Waals surface area contributed by atoms with Gasteiger partial charge in [0, 0.05) is 17.4 Å². The van der Waals surface area contributed by atoms with E-state index >= 15 is 0 Å². The van der Waals surface area contributed by atoms with Crippen molar-refractivity contribution in [2.24, 2.45) is 0 Å². The number of Topliss-reactive ketones (excluding diaryl/α,β-unsaturated/α-hetero) is 1. The minimum atomic E-state index is -0.524. The molecule has 1 aliphatic rings. The van der Waals surface area contributed by atoms with Gasteiger partial charge in [-0.3, -0.25) is 4.79 Å². The lowest BCUT2D eigenvalue weighted by atomic mass is 9.96. The summed E-state index contributed by atoms with van der Waals surface area (Å²) in [5.74, 6) is -0.382. The molecule has 1 aliphatic carbocycles. The van der Waals surface area contributed by atoms with E-state index in [0.29, 0.717) is 12.8 Å². The maximum atomic E-state index is 11.5. The summed E-state index contributed by atoms with van der Waals surface area (Å²) in [6.45, 7) is 0. The molecule has 1 aromatic rings. The van der Waals surface area contributed by atoms with Crippen LogP contribution in [0.4, 0.5) is 0 Å². The Labute approximate surface area is 104 Å². The van der Waals surface area contributed by atoms with Gasteiger partial charge in [0.1, 0.15) is 0 Å². The first kappa shape index (κ1) is 12.0. The molecule has 17 heavy (non-hydrogen) atoms. The molecule has 4 heteroatoms. The third kappa shape index (κ3) is 3.53. The second-order valence-electron chi connectivity index (χ2n) is 3.99. The Balaban J connectivity index is 1.86. The predicted molar refractivity (Wildman–Crippen MR) is 66.7 cm³/mol. The first-order valence-corrected chi connectivity index (χ1v) is 6.58. The fourth-order valence-electron chi connectivity index (χ4n) is 1.79. The van der Waals surface area contributed by atoms with Crippen molar-refractivity contribution in [2.45, 2.75) is 31.8 Å². The van der Waals surface area contributed by atoms with Crippen LogP contribution >= 0.6 is 11.3 Å². The van der Waals surface area contributed by atoms with E-state index in [1.807, 2.05) is 17.5 Å². The van der Waals surface area contributed by atoms with E-state index in [1.165, 1.54) is 6.08 Å². The normalized spacial score (nSPS) is 20.7. The summed E-state index contributed by atoms with van der Waals surface area (Å²) in [5, 5.41) is 1.94. The topological polar surface area (TPSA) is 43.4 Å². The number of hydrogen-bond donors (Lipinski definition) is 0.